The Morgan fingerprint density at radius 3 is 2.83 bits per heavy atom. The molecule has 24 heavy (non-hydrogen) atoms. The van der Waals surface area contributed by atoms with E-state index >= 15 is 0 Å². The van der Waals surface area contributed by atoms with Gasteiger partial charge >= 0.3 is 0 Å². The number of hydrogen-bond acceptors (Lipinski definition) is 5. The summed E-state index contributed by atoms with van der Waals surface area (Å²) in [6, 6.07) is 2.39. The van der Waals surface area contributed by atoms with Gasteiger partial charge in [-0.2, -0.15) is 5.10 Å². The highest BCUT2D eigenvalue weighted by molar-refractivity contribution is 5.49. The lowest BCUT2D eigenvalue weighted by atomic mass is 10.1. The number of rotatable bonds is 5. The van der Waals surface area contributed by atoms with E-state index in [4.69, 9.17) is 9.97 Å². The van der Waals surface area contributed by atoms with Crippen LogP contribution in [0.5, 0.6) is 0 Å². The Kier molecular flexibility index (Phi) is 4.22. The third-order valence-electron chi connectivity index (χ3n) is 5.08. The predicted molar refractivity (Wildman–Crippen MR) is 93.9 cm³/mol. The fourth-order valence-corrected chi connectivity index (χ4v) is 3.85. The van der Waals surface area contributed by atoms with Gasteiger partial charge in [0, 0.05) is 42.7 Å². The van der Waals surface area contributed by atoms with Crippen LogP contribution in [0.4, 0.5) is 5.82 Å². The van der Waals surface area contributed by atoms with Gasteiger partial charge in [-0.25, -0.2) is 9.97 Å². The summed E-state index contributed by atoms with van der Waals surface area (Å²) >= 11 is 0. The number of anilines is 1. The number of hydrogen-bond donors (Lipinski definition) is 3. The van der Waals surface area contributed by atoms with Gasteiger partial charge in [-0.15, -0.1) is 0 Å². The van der Waals surface area contributed by atoms with Crippen molar-refractivity contribution in [3.63, 3.8) is 0 Å². The molecule has 1 aliphatic heterocycles. The van der Waals surface area contributed by atoms with E-state index in [0.717, 1.165) is 42.5 Å². The molecule has 0 saturated heterocycles. The molecule has 1 fully saturated rings. The molecule has 2 aliphatic rings. The van der Waals surface area contributed by atoms with E-state index in [1.165, 1.54) is 36.9 Å². The molecule has 0 spiro atoms. The summed E-state index contributed by atoms with van der Waals surface area (Å²) < 4.78 is 0. The van der Waals surface area contributed by atoms with E-state index in [0.29, 0.717) is 5.92 Å². The zero-order chi connectivity index (χ0) is 16.5. The molecule has 0 radical (unpaired) electrons. The molecule has 6 nitrogen and oxygen atoms in total. The number of H-pyrrole nitrogens is 1. The molecular weight excluding hydrogens is 300 g/mol. The highest BCUT2D eigenvalue weighted by atomic mass is 15.1. The van der Waals surface area contributed by atoms with Crippen molar-refractivity contribution in [1.29, 1.82) is 0 Å². The second kappa shape index (κ2) is 6.51. The van der Waals surface area contributed by atoms with Crippen LogP contribution in [-0.4, -0.2) is 26.2 Å². The average molecular weight is 326 g/mol. The quantitative estimate of drug-likeness (QED) is 0.787. The van der Waals surface area contributed by atoms with Gasteiger partial charge in [0.05, 0.1) is 11.4 Å². The molecule has 1 saturated carbocycles. The Morgan fingerprint density at radius 1 is 1.25 bits per heavy atom. The first-order valence-electron chi connectivity index (χ1n) is 9.07. The van der Waals surface area contributed by atoms with Gasteiger partial charge in [0.15, 0.2) is 0 Å². The molecule has 3 heterocycles. The van der Waals surface area contributed by atoms with E-state index < -0.39 is 0 Å². The number of nitrogens with zero attached hydrogens (tertiary/aromatic N) is 3. The Labute approximate surface area is 142 Å². The normalized spacial score (nSPS) is 18.8. The highest BCUT2D eigenvalue weighted by Gasteiger charge is 2.25. The zero-order valence-corrected chi connectivity index (χ0v) is 14.5. The first-order valence-corrected chi connectivity index (χ1v) is 9.07. The van der Waals surface area contributed by atoms with Gasteiger partial charge in [0.25, 0.3) is 0 Å². The molecular formula is C18H26N6. The van der Waals surface area contributed by atoms with Crippen LogP contribution in [0.15, 0.2) is 6.07 Å². The largest absolute Gasteiger partial charge is 0.367 e. The molecule has 128 valence electrons. The third-order valence-corrected chi connectivity index (χ3v) is 5.08. The van der Waals surface area contributed by atoms with Gasteiger partial charge in [-0.05, 0) is 32.8 Å². The first-order chi connectivity index (χ1) is 11.7. The molecule has 2 aromatic heterocycles. The zero-order valence-electron chi connectivity index (χ0n) is 14.5. The molecule has 1 unspecified atom stereocenters. The van der Waals surface area contributed by atoms with Crippen LogP contribution in [0, 0.1) is 6.92 Å². The minimum Gasteiger partial charge on any atom is -0.367 e. The molecule has 0 amide bonds. The van der Waals surface area contributed by atoms with Crippen LogP contribution in [0.2, 0.25) is 0 Å². The monoisotopic (exact) mass is 326 g/mol. The molecule has 0 aromatic carbocycles. The maximum Gasteiger partial charge on any atom is 0.134 e. The first kappa shape index (κ1) is 15.6. The van der Waals surface area contributed by atoms with Gasteiger partial charge < -0.3 is 10.6 Å². The second-order valence-electron chi connectivity index (χ2n) is 7.23. The van der Waals surface area contributed by atoms with Crippen molar-refractivity contribution in [2.75, 3.05) is 5.32 Å². The third kappa shape index (κ3) is 3.15. The summed E-state index contributed by atoms with van der Waals surface area (Å²) in [6.45, 7) is 5.94. The van der Waals surface area contributed by atoms with Crippen LogP contribution in [0.1, 0.15) is 67.0 Å². The Balaban J connectivity index is 1.54. The SMILES string of the molecule is Cc1cc(CC(C)Nc2nc(C3CCCC3)nc3c2CNC3)n[nH]1. The van der Waals surface area contributed by atoms with E-state index in [9.17, 15) is 0 Å². The van der Waals surface area contributed by atoms with Crippen LogP contribution >= 0.6 is 0 Å². The number of aromatic nitrogens is 4. The van der Waals surface area contributed by atoms with Gasteiger partial charge in [0.2, 0.25) is 0 Å². The molecule has 4 rings (SSSR count). The summed E-state index contributed by atoms with van der Waals surface area (Å²) in [4.78, 5) is 9.78. The van der Waals surface area contributed by atoms with E-state index in [1.54, 1.807) is 0 Å². The fourth-order valence-electron chi connectivity index (χ4n) is 3.85. The standard InChI is InChI=1S/C18H26N6/c1-11(7-14-8-12(2)23-24-14)20-18-15-9-19-10-16(15)21-17(22-18)13-5-3-4-6-13/h8,11,13,19H,3-7,9-10H2,1-2H3,(H,23,24)(H,20,21,22). The summed E-state index contributed by atoms with van der Waals surface area (Å²) in [5.74, 6) is 2.60. The highest BCUT2D eigenvalue weighted by Crippen LogP contribution is 2.34. The van der Waals surface area contributed by atoms with Crippen LogP contribution < -0.4 is 10.6 Å². The van der Waals surface area contributed by atoms with Crippen molar-refractivity contribution < 1.29 is 0 Å². The minimum absolute atomic E-state index is 0.281. The van der Waals surface area contributed by atoms with Crippen LogP contribution in [0.25, 0.3) is 0 Å². The summed E-state index contributed by atoms with van der Waals surface area (Å²) in [6.07, 6.45) is 5.96. The number of aromatic amines is 1. The molecule has 2 aromatic rings. The van der Waals surface area contributed by atoms with E-state index in [-0.39, 0.29) is 6.04 Å². The van der Waals surface area contributed by atoms with E-state index in [1.807, 2.05) is 6.92 Å². The van der Waals surface area contributed by atoms with Crippen LogP contribution in [-0.2, 0) is 19.5 Å². The topological polar surface area (TPSA) is 78.5 Å². The maximum atomic E-state index is 4.92. The predicted octanol–water partition coefficient (Wildman–Crippen LogP) is 2.81. The molecule has 6 heteroatoms. The van der Waals surface area contributed by atoms with Crippen molar-refractivity contribution in [3.05, 3.63) is 34.5 Å². The Hall–Kier alpha value is -1.95. The van der Waals surface area contributed by atoms with Gasteiger partial charge in [-0.1, -0.05) is 12.8 Å². The minimum atomic E-state index is 0.281. The van der Waals surface area contributed by atoms with Gasteiger partial charge in [0.1, 0.15) is 11.6 Å². The van der Waals surface area contributed by atoms with Crippen molar-refractivity contribution in [1.82, 2.24) is 25.5 Å². The lowest BCUT2D eigenvalue weighted by Gasteiger charge is -2.18. The number of fused-ring (bicyclic) bond motifs is 1. The summed E-state index contributed by atoms with van der Waals surface area (Å²) in [5, 5.41) is 14.4. The molecule has 1 aliphatic carbocycles. The smallest absolute Gasteiger partial charge is 0.134 e. The van der Waals surface area contributed by atoms with Crippen LogP contribution in [0.3, 0.4) is 0 Å². The second-order valence-corrected chi connectivity index (χ2v) is 7.23. The van der Waals surface area contributed by atoms with Gasteiger partial charge in [-0.3, -0.25) is 5.10 Å². The lowest BCUT2D eigenvalue weighted by molar-refractivity contribution is 0.658. The summed E-state index contributed by atoms with van der Waals surface area (Å²) in [5.41, 5.74) is 4.61. The summed E-state index contributed by atoms with van der Waals surface area (Å²) in [7, 11) is 0. The van der Waals surface area contributed by atoms with E-state index in [2.05, 4.69) is 33.8 Å². The van der Waals surface area contributed by atoms with Crippen molar-refractivity contribution in [2.45, 2.75) is 71.0 Å². The van der Waals surface area contributed by atoms with Crippen molar-refractivity contribution in [2.24, 2.45) is 0 Å². The van der Waals surface area contributed by atoms with Crippen molar-refractivity contribution in [3.8, 4) is 0 Å². The Morgan fingerprint density at radius 2 is 2.08 bits per heavy atom. The average Bonchev–Trinajstić information content (AvgIpc) is 3.27. The lowest BCUT2D eigenvalue weighted by Crippen LogP contribution is -2.21. The Bertz CT molecular complexity index is 716. The molecule has 3 N–H and O–H groups in total. The maximum absolute atomic E-state index is 4.92. The number of aryl methyl sites for hydroxylation is 1. The van der Waals surface area contributed by atoms with Crippen molar-refractivity contribution >= 4 is 5.82 Å². The molecule has 0 bridgehead atoms. The number of nitrogens with one attached hydrogen (secondary N) is 3. The fraction of sp³-hybridized carbons (Fsp3) is 0.611. The molecule has 1 atom stereocenters.